The zero-order valence-electron chi connectivity index (χ0n) is 17.3. The predicted molar refractivity (Wildman–Crippen MR) is 118 cm³/mol. The molecule has 1 aliphatic rings. The number of anilines is 1. The van der Waals surface area contributed by atoms with E-state index in [4.69, 9.17) is 0 Å². The van der Waals surface area contributed by atoms with Crippen LogP contribution in [0.3, 0.4) is 0 Å². The molecule has 31 heavy (non-hydrogen) atoms. The highest BCUT2D eigenvalue weighted by atomic mass is 32.2. The second-order valence-electron chi connectivity index (χ2n) is 7.79. The van der Waals surface area contributed by atoms with Crippen molar-refractivity contribution < 1.29 is 17.6 Å². The summed E-state index contributed by atoms with van der Waals surface area (Å²) in [5.74, 6) is -0.687. The summed E-state index contributed by atoms with van der Waals surface area (Å²) in [6, 6.07) is 18.4. The Hall–Kier alpha value is -3.03. The Morgan fingerprint density at radius 2 is 1.84 bits per heavy atom. The SMILES string of the molecule is Cc1ccc(F)cc1S(=O)(=O)NCc1ccc2c(c1)N(C(=O)c1ccccc1)[C@@H](C)C2. The van der Waals surface area contributed by atoms with Gasteiger partial charge in [-0.2, -0.15) is 0 Å². The Bertz CT molecular complexity index is 1240. The van der Waals surface area contributed by atoms with Gasteiger partial charge in [-0.3, -0.25) is 4.79 Å². The predicted octanol–water partition coefficient (Wildman–Crippen LogP) is 4.20. The maximum absolute atomic E-state index is 13.6. The van der Waals surface area contributed by atoms with Gasteiger partial charge in [0.15, 0.2) is 0 Å². The number of halogens is 1. The van der Waals surface area contributed by atoms with Gasteiger partial charge >= 0.3 is 0 Å². The first-order chi connectivity index (χ1) is 14.8. The molecule has 0 unspecified atom stereocenters. The van der Waals surface area contributed by atoms with Crippen LogP contribution in [0.25, 0.3) is 0 Å². The molecule has 0 spiro atoms. The maximum Gasteiger partial charge on any atom is 0.258 e. The second-order valence-corrected chi connectivity index (χ2v) is 9.53. The number of nitrogens with one attached hydrogen (secondary N) is 1. The lowest BCUT2D eigenvalue weighted by atomic mass is 10.1. The van der Waals surface area contributed by atoms with Crippen molar-refractivity contribution >= 4 is 21.6 Å². The molecule has 0 bridgehead atoms. The molecule has 0 aromatic heterocycles. The van der Waals surface area contributed by atoms with Crippen LogP contribution in [0.4, 0.5) is 10.1 Å². The first-order valence-corrected chi connectivity index (χ1v) is 11.5. The molecule has 4 rings (SSSR count). The molecule has 3 aromatic rings. The number of benzene rings is 3. The summed E-state index contributed by atoms with van der Waals surface area (Å²) in [5.41, 5.74) is 3.63. The number of hydrogen-bond donors (Lipinski definition) is 1. The molecule has 1 aliphatic heterocycles. The topological polar surface area (TPSA) is 66.5 Å². The number of sulfonamides is 1. The zero-order chi connectivity index (χ0) is 22.2. The smallest absolute Gasteiger partial charge is 0.258 e. The highest BCUT2D eigenvalue weighted by Crippen LogP contribution is 2.34. The van der Waals surface area contributed by atoms with E-state index in [1.807, 2.05) is 43.3 Å². The molecule has 5 nitrogen and oxygen atoms in total. The summed E-state index contributed by atoms with van der Waals surface area (Å²) in [7, 11) is -3.88. The molecule has 1 amide bonds. The lowest BCUT2D eigenvalue weighted by molar-refractivity contribution is 0.0981. The van der Waals surface area contributed by atoms with Gasteiger partial charge in [0, 0.05) is 23.8 Å². The summed E-state index contributed by atoms with van der Waals surface area (Å²) in [5, 5.41) is 0. The molecule has 0 saturated carbocycles. The van der Waals surface area contributed by atoms with Crippen molar-refractivity contribution in [2.45, 2.75) is 37.8 Å². The van der Waals surface area contributed by atoms with Gasteiger partial charge in [-0.25, -0.2) is 17.5 Å². The first-order valence-electron chi connectivity index (χ1n) is 10.0. The Balaban J connectivity index is 1.58. The number of rotatable bonds is 5. The van der Waals surface area contributed by atoms with Crippen LogP contribution in [-0.4, -0.2) is 20.4 Å². The fourth-order valence-electron chi connectivity index (χ4n) is 3.91. The number of fused-ring (bicyclic) bond motifs is 1. The minimum absolute atomic E-state index is 0.00425. The van der Waals surface area contributed by atoms with E-state index in [1.165, 1.54) is 12.1 Å². The minimum Gasteiger partial charge on any atom is -0.305 e. The molecule has 3 aromatic carbocycles. The number of amides is 1. The monoisotopic (exact) mass is 438 g/mol. The van der Waals surface area contributed by atoms with E-state index in [0.29, 0.717) is 11.1 Å². The van der Waals surface area contributed by atoms with E-state index in [0.717, 1.165) is 29.3 Å². The molecule has 0 aliphatic carbocycles. The maximum atomic E-state index is 13.6. The highest BCUT2D eigenvalue weighted by Gasteiger charge is 2.31. The molecule has 0 radical (unpaired) electrons. The number of hydrogen-bond acceptors (Lipinski definition) is 3. The van der Waals surface area contributed by atoms with Crippen LogP contribution >= 0.6 is 0 Å². The van der Waals surface area contributed by atoms with Gasteiger partial charge in [-0.1, -0.05) is 36.4 Å². The van der Waals surface area contributed by atoms with Gasteiger partial charge in [0.05, 0.1) is 4.90 Å². The van der Waals surface area contributed by atoms with Crippen molar-refractivity contribution in [3.63, 3.8) is 0 Å². The molecule has 160 valence electrons. The largest absolute Gasteiger partial charge is 0.305 e. The van der Waals surface area contributed by atoms with Crippen LogP contribution in [0.5, 0.6) is 0 Å². The highest BCUT2D eigenvalue weighted by molar-refractivity contribution is 7.89. The van der Waals surface area contributed by atoms with Crippen LogP contribution in [0.2, 0.25) is 0 Å². The van der Waals surface area contributed by atoms with Crippen molar-refractivity contribution in [2.24, 2.45) is 0 Å². The summed E-state index contributed by atoms with van der Waals surface area (Å²) in [6.07, 6.45) is 0.738. The molecular formula is C24H23FN2O3S. The van der Waals surface area contributed by atoms with Crippen LogP contribution in [0.15, 0.2) is 71.6 Å². The molecule has 1 N–H and O–H groups in total. The van der Waals surface area contributed by atoms with Crippen LogP contribution in [0.1, 0.15) is 34.0 Å². The van der Waals surface area contributed by atoms with Crippen molar-refractivity contribution in [3.05, 3.63) is 94.8 Å². The Morgan fingerprint density at radius 3 is 2.58 bits per heavy atom. The van der Waals surface area contributed by atoms with Crippen molar-refractivity contribution in [1.29, 1.82) is 0 Å². The standard InChI is InChI=1S/C24H23FN2O3S/c1-16-8-11-21(25)14-23(16)31(29,30)26-15-18-9-10-20-12-17(2)27(22(20)13-18)24(28)19-6-4-3-5-7-19/h3-11,13-14,17,26H,12,15H2,1-2H3/t17-/m0/s1. The van der Waals surface area contributed by atoms with E-state index in [2.05, 4.69) is 4.72 Å². The third kappa shape index (κ3) is 4.24. The van der Waals surface area contributed by atoms with Gasteiger partial charge in [0.2, 0.25) is 10.0 Å². The van der Waals surface area contributed by atoms with Gasteiger partial charge < -0.3 is 4.90 Å². The Labute approximate surface area is 181 Å². The molecular weight excluding hydrogens is 415 g/mol. The molecule has 0 saturated heterocycles. The zero-order valence-corrected chi connectivity index (χ0v) is 18.1. The van der Waals surface area contributed by atoms with E-state index < -0.39 is 15.8 Å². The fourth-order valence-corrected chi connectivity index (χ4v) is 5.18. The molecule has 1 heterocycles. The summed E-state index contributed by atoms with van der Waals surface area (Å²) < 4.78 is 41.5. The normalized spacial score (nSPS) is 15.7. The van der Waals surface area contributed by atoms with Crippen LogP contribution in [-0.2, 0) is 23.0 Å². The van der Waals surface area contributed by atoms with Crippen molar-refractivity contribution in [3.8, 4) is 0 Å². The van der Waals surface area contributed by atoms with E-state index in [-0.39, 0.29) is 23.4 Å². The average Bonchev–Trinajstić information content (AvgIpc) is 3.09. The van der Waals surface area contributed by atoms with Crippen molar-refractivity contribution in [2.75, 3.05) is 4.90 Å². The van der Waals surface area contributed by atoms with Gasteiger partial charge in [-0.15, -0.1) is 0 Å². The van der Waals surface area contributed by atoms with Crippen LogP contribution in [0, 0.1) is 12.7 Å². The number of carbonyl (C=O) groups excluding carboxylic acids is 1. The first kappa shape index (κ1) is 21.2. The van der Waals surface area contributed by atoms with Crippen LogP contribution < -0.4 is 9.62 Å². The minimum atomic E-state index is -3.88. The molecule has 0 fully saturated rings. The van der Waals surface area contributed by atoms with E-state index in [1.54, 1.807) is 24.0 Å². The number of nitrogens with zero attached hydrogens (tertiary/aromatic N) is 1. The number of aryl methyl sites for hydroxylation is 1. The third-order valence-electron chi connectivity index (χ3n) is 5.51. The quantitative estimate of drug-likeness (QED) is 0.649. The van der Waals surface area contributed by atoms with E-state index in [9.17, 15) is 17.6 Å². The van der Waals surface area contributed by atoms with E-state index >= 15 is 0 Å². The Kier molecular flexibility index (Phi) is 5.64. The summed E-state index contributed by atoms with van der Waals surface area (Å²) in [6.45, 7) is 3.65. The summed E-state index contributed by atoms with van der Waals surface area (Å²) in [4.78, 5) is 14.8. The van der Waals surface area contributed by atoms with Gasteiger partial charge in [0.1, 0.15) is 5.82 Å². The number of carbonyl (C=O) groups is 1. The van der Waals surface area contributed by atoms with Gasteiger partial charge in [-0.05, 0) is 67.3 Å². The lowest BCUT2D eigenvalue weighted by Crippen LogP contribution is -2.35. The average molecular weight is 439 g/mol. The summed E-state index contributed by atoms with van der Waals surface area (Å²) >= 11 is 0. The molecule has 7 heteroatoms. The van der Waals surface area contributed by atoms with Crippen molar-refractivity contribution in [1.82, 2.24) is 4.72 Å². The fraction of sp³-hybridized carbons (Fsp3) is 0.208. The second kappa shape index (κ2) is 8.24. The lowest BCUT2D eigenvalue weighted by Gasteiger charge is -2.23. The third-order valence-corrected chi connectivity index (χ3v) is 7.05. The molecule has 1 atom stereocenters. The van der Waals surface area contributed by atoms with Gasteiger partial charge in [0.25, 0.3) is 5.91 Å². The Morgan fingerprint density at radius 1 is 1.10 bits per heavy atom.